The van der Waals surface area contributed by atoms with Crippen LogP contribution in [0.25, 0.3) is 0 Å². The minimum absolute atomic E-state index is 0.108. The average molecular weight is 216 g/mol. The lowest BCUT2D eigenvalue weighted by Gasteiger charge is -2.36. The van der Waals surface area contributed by atoms with Crippen LogP contribution in [-0.4, -0.2) is 61.4 Å². The highest BCUT2D eigenvalue weighted by atomic mass is 16.5. The Morgan fingerprint density at radius 1 is 1.73 bits per heavy atom. The molecule has 2 N–H and O–H groups in total. The van der Waals surface area contributed by atoms with Gasteiger partial charge in [0, 0.05) is 19.6 Å². The summed E-state index contributed by atoms with van der Waals surface area (Å²) in [6.07, 6.45) is 0.749. The summed E-state index contributed by atoms with van der Waals surface area (Å²) in [6, 6.07) is -0.367. The van der Waals surface area contributed by atoms with Gasteiger partial charge in [0.1, 0.15) is 6.04 Å². The first-order chi connectivity index (χ1) is 7.19. The first-order valence-electron chi connectivity index (χ1n) is 5.42. The molecule has 0 aromatic rings. The van der Waals surface area contributed by atoms with Gasteiger partial charge in [-0.2, -0.15) is 0 Å². The molecule has 0 saturated carbocycles. The minimum atomic E-state index is -0.734. The molecule has 15 heavy (non-hydrogen) atoms. The smallest absolute Gasteiger partial charge is 0.320 e. The summed E-state index contributed by atoms with van der Waals surface area (Å²) in [5, 5.41) is 12.1. The molecule has 1 saturated heterocycles. The summed E-state index contributed by atoms with van der Waals surface area (Å²) in [6.45, 7) is 4.71. The largest absolute Gasteiger partial charge is 0.480 e. The van der Waals surface area contributed by atoms with Crippen LogP contribution >= 0.6 is 0 Å². The molecule has 1 fully saturated rings. The summed E-state index contributed by atoms with van der Waals surface area (Å²) in [5.74, 6) is -0.734. The van der Waals surface area contributed by atoms with Gasteiger partial charge in [0.05, 0.1) is 12.7 Å². The number of hydrogen-bond acceptors (Lipinski definition) is 4. The number of ether oxygens (including phenoxy) is 1. The molecule has 0 aromatic heterocycles. The maximum absolute atomic E-state index is 11.0. The van der Waals surface area contributed by atoms with Crippen molar-refractivity contribution >= 4 is 5.97 Å². The molecule has 1 aliphatic heterocycles. The van der Waals surface area contributed by atoms with Gasteiger partial charge in [0.2, 0.25) is 0 Å². The Morgan fingerprint density at radius 2 is 2.47 bits per heavy atom. The number of carboxylic acids is 1. The second kappa shape index (κ2) is 6.05. The maximum Gasteiger partial charge on any atom is 0.320 e. The van der Waals surface area contributed by atoms with Crippen LogP contribution in [0.4, 0.5) is 0 Å². The number of likely N-dealkylation sites (N-methyl/N-ethyl adjacent to an activating group) is 1. The van der Waals surface area contributed by atoms with Crippen LogP contribution in [0.2, 0.25) is 0 Å². The number of aliphatic carboxylic acids is 1. The predicted octanol–water partition coefficient (Wildman–Crippen LogP) is -0.230. The zero-order valence-corrected chi connectivity index (χ0v) is 9.40. The van der Waals surface area contributed by atoms with E-state index in [0.717, 1.165) is 6.54 Å². The monoisotopic (exact) mass is 216 g/mol. The summed E-state index contributed by atoms with van der Waals surface area (Å²) in [4.78, 5) is 13.0. The Bertz CT molecular complexity index is 209. The van der Waals surface area contributed by atoms with Crippen LogP contribution in [0, 0.1) is 0 Å². The van der Waals surface area contributed by atoms with E-state index in [-0.39, 0.29) is 12.1 Å². The van der Waals surface area contributed by atoms with E-state index in [2.05, 4.69) is 5.32 Å². The molecular weight excluding hydrogens is 196 g/mol. The third kappa shape index (κ3) is 3.44. The highest BCUT2D eigenvalue weighted by molar-refractivity contribution is 5.73. The number of nitrogens with zero attached hydrogens (tertiary/aromatic N) is 1. The zero-order valence-electron chi connectivity index (χ0n) is 9.40. The van der Waals surface area contributed by atoms with Gasteiger partial charge in [-0.15, -0.1) is 0 Å². The van der Waals surface area contributed by atoms with Gasteiger partial charge in [-0.3, -0.25) is 9.69 Å². The Kier molecular flexibility index (Phi) is 5.01. The Morgan fingerprint density at radius 3 is 3.00 bits per heavy atom. The standard InChI is InChI=1S/C10H20N2O3/c1-3-9(10(13)14)12-4-5-15-8(7-12)6-11-2/h8-9,11H,3-7H2,1-2H3,(H,13,14). The van der Waals surface area contributed by atoms with Crippen molar-refractivity contribution < 1.29 is 14.6 Å². The van der Waals surface area contributed by atoms with Crippen molar-refractivity contribution in [1.29, 1.82) is 0 Å². The number of nitrogens with one attached hydrogen (secondary N) is 1. The van der Waals surface area contributed by atoms with Crippen molar-refractivity contribution in [2.24, 2.45) is 0 Å². The Balaban J connectivity index is 2.50. The minimum Gasteiger partial charge on any atom is -0.480 e. The fraction of sp³-hybridized carbons (Fsp3) is 0.900. The van der Waals surface area contributed by atoms with E-state index in [9.17, 15) is 4.79 Å². The van der Waals surface area contributed by atoms with Crippen molar-refractivity contribution in [3.63, 3.8) is 0 Å². The fourth-order valence-electron chi connectivity index (χ4n) is 1.97. The lowest BCUT2D eigenvalue weighted by Crippen LogP contribution is -2.52. The second-order valence-electron chi connectivity index (χ2n) is 3.81. The third-order valence-corrected chi connectivity index (χ3v) is 2.71. The summed E-state index contributed by atoms with van der Waals surface area (Å²) < 4.78 is 5.53. The summed E-state index contributed by atoms with van der Waals surface area (Å²) >= 11 is 0. The quantitative estimate of drug-likeness (QED) is 0.664. The molecule has 0 amide bonds. The average Bonchev–Trinajstić information content (AvgIpc) is 2.19. The molecule has 0 spiro atoms. The number of rotatable bonds is 5. The molecule has 88 valence electrons. The maximum atomic E-state index is 11.0. The lowest BCUT2D eigenvalue weighted by atomic mass is 10.1. The molecule has 5 nitrogen and oxygen atoms in total. The molecule has 5 heteroatoms. The number of carboxylic acid groups (broad SMARTS) is 1. The van der Waals surface area contributed by atoms with Gasteiger partial charge in [0.25, 0.3) is 0 Å². The third-order valence-electron chi connectivity index (χ3n) is 2.71. The molecule has 2 unspecified atom stereocenters. The normalized spacial score (nSPS) is 25.1. The van der Waals surface area contributed by atoms with Gasteiger partial charge in [-0.1, -0.05) is 6.92 Å². The first-order valence-corrected chi connectivity index (χ1v) is 5.42. The van der Waals surface area contributed by atoms with E-state index in [1.165, 1.54) is 0 Å². The molecule has 0 aromatic carbocycles. The van der Waals surface area contributed by atoms with Crippen molar-refractivity contribution in [2.45, 2.75) is 25.5 Å². The molecule has 1 aliphatic rings. The van der Waals surface area contributed by atoms with Gasteiger partial charge in [-0.05, 0) is 13.5 Å². The lowest BCUT2D eigenvalue weighted by molar-refractivity contribution is -0.146. The molecular formula is C10H20N2O3. The van der Waals surface area contributed by atoms with Crippen LogP contribution in [0.3, 0.4) is 0 Å². The highest BCUT2D eigenvalue weighted by Crippen LogP contribution is 2.11. The Labute approximate surface area is 90.4 Å². The molecule has 2 atom stereocenters. The number of hydrogen-bond donors (Lipinski definition) is 2. The van der Waals surface area contributed by atoms with E-state index < -0.39 is 5.97 Å². The van der Waals surface area contributed by atoms with E-state index >= 15 is 0 Å². The van der Waals surface area contributed by atoms with E-state index in [0.29, 0.717) is 26.1 Å². The van der Waals surface area contributed by atoms with Gasteiger partial charge in [-0.25, -0.2) is 0 Å². The first kappa shape index (κ1) is 12.4. The van der Waals surface area contributed by atoms with Crippen molar-refractivity contribution in [3.8, 4) is 0 Å². The highest BCUT2D eigenvalue weighted by Gasteiger charge is 2.29. The van der Waals surface area contributed by atoms with Crippen molar-refractivity contribution in [1.82, 2.24) is 10.2 Å². The van der Waals surface area contributed by atoms with Crippen LogP contribution in [0.15, 0.2) is 0 Å². The van der Waals surface area contributed by atoms with Gasteiger partial charge < -0.3 is 15.2 Å². The SMILES string of the molecule is CCC(C(=O)O)N1CCOC(CNC)C1. The van der Waals surface area contributed by atoms with Crippen molar-refractivity contribution in [2.75, 3.05) is 33.3 Å². The molecule has 0 aliphatic carbocycles. The summed E-state index contributed by atoms with van der Waals surface area (Å²) in [7, 11) is 1.87. The Hall–Kier alpha value is -0.650. The second-order valence-corrected chi connectivity index (χ2v) is 3.81. The molecule has 1 rings (SSSR count). The molecule has 0 bridgehead atoms. The molecule has 1 heterocycles. The number of morpholine rings is 1. The van der Waals surface area contributed by atoms with Crippen LogP contribution in [0.1, 0.15) is 13.3 Å². The predicted molar refractivity (Wildman–Crippen MR) is 57.0 cm³/mol. The fourth-order valence-corrected chi connectivity index (χ4v) is 1.97. The van der Waals surface area contributed by atoms with E-state index in [1.807, 2.05) is 18.9 Å². The van der Waals surface area contributed by atoms with E-state index in [4.69, 9.17) is 9.84 Å². The number of carbonyl (C=O) groups is 1. The topological polar surface area (TPSA) is 61.8 Å². The van der Waals surface area contributed by atoms with Gasteiger partial charge >= 0.3 is 5.97 Å². The van der Waals surface area contributed by atoms with Crippen LogP contribution in [-0.2, 0) is 9.53 Å². The molecule has 0 radical (unpaired) electrons. The van der Waals surface area contributed by atoms with E-state index in [1.54, 1.807) is 0 Å². The van der Waals surface area contributed by atoms with Gasteiger partial charge in [0.15, 0.2) is 0 Å². The van der Waals surface area contributed by atoms with Crippen LogP contribution in [0.5, 0.6) is 0 Å². The zero-order chi connectivity index (χ0) is 11.3. The summed E-state index contributed by atoms with van der Waals surface area (Å²) in [5.41, 5.74) is 0. The van der Waals surface area contributed by atoms with Crippen LogP contribution < -0.4 is 5.32 Å². The van der Waals surface area contributed by atoms with Crippen molar-refractivity contribution in [3.05, 3.63) is 0 Å².